The van der Waals surface area contributed by atoms with Crippen molar-refractivity contribution in [3.63, 3.8) is 0 Å². The Balaban J connectivity index is 0.000000278. The Labute approximate surface area is 210 Å². The fourth-order valence-corrected chi connectivity index (χ4v) is 3.47. The van der Waals surface area contributed by atoms with Crippen LogP contribution in [0.1, 0.15) is 37.4 Å². The molecule has 0 radical (unpaired) electrons. The number of carboxylic acids is 1. The zero-order valence-corrected chi connectivity index (χ0v) is 21.2. The number of carbonyl (C=O) groups excluding carboxylic acids is 1. The van der Waals surface area contributed by atoms with Gasteiger partial charge in [0, 0.05) is 18.4 Å². The van der Waals surface area contributed by atoms with E-state index in [-0.39, 0.29) is 5.69 Å². The van der Waals surface area contributed by atoms with E-state index in [1.807, 2.05) is 19.9 Å². The smallest absolute Gasteiger partial charge is 0.416 e. The minimum Gasteiger partial charge on any atom is -0.478 e. The second-order valence-electron chi connectivity index (χ2n) is 6.77. The van der Waals surface area contributed by atoms with Crippen molar-refractivity contribution in [2.75, 3.05) is 5.32 Å². The number of anilines is 1. The van der Waals surface area contributed by atoms with Crippen molar-refractivity contribution in [2.24, 2.45) is 0 Å². The molecule has 0 atom stereocenters. The first kappa shape index (κ1) is 26.1. The van der Waals surface area contributed by atoms with Gasteiger partial charge in [0.2, 0.25) is 0 Å². The predicted octanol–water partition coefficient (Wildman–Crippen LogP) is 7.17. The molecule has 0 aliphatic rings. The molecule has 3 aromatic carbocycles. The molecule has 0 saturated heterocycles. The van der Waals surface area contributed by atoms with E-state index in [1.54, 1.807) is 30.3 Å². The van der Waals surface area contributed by atoms with E-state index in [9.17, 15) is 22.8 Å². The number of halogens is 5. The van der Waals surface area contributed by atoms with Gasteiger partial charge < -0.3 is 10.4 Å². The number of aromatic carboxylic acids is 1. The molecule has 32 heavy (non-hydrogen) atoms. The highest BCUT2D eigenvalue weighted by molar-refractivity contribution is 14.1. The van der Waals surface area contributed by atoms with Gasteiger partial charge in [-0.25, -0.2) is 4.79 Å². The summed E-state index contributed by atoms with van der Waals surface area (Å²) in [5.74, 6) is -1.31. The number of carbonyl (C=O) groups is 2. The number of rotatable bonds is 3. The lowest BCUT2D eigenvalue weighted by Gasteiger charge is -2.10. The minimum atomic E-state index is -4.43. The van der Waals surface area contributed by atoms with Gasteiger partial charge in [0.15, 0.2) is 0 Å². The Kier molecular flexibility index (Phi) is 9.08. The summed E-state index contributed by atoms with van der Waals surface area (Å²) in [6.07, 6.45) is -4.43. The lowest BCUT2D eigenvalue weighted by molar-refractivity contribution is -0.137. The lowest BCUT2D eigenvalue weighted by Crippen LogP contribution is -2.13. The quantitative estimate of drug-likeness (QED) is 0.292. The van der Waals surface area contributed by atoms with E-state index < -0.39 is 23.6 Å². The van der Waals surface area contributed by atoms with Crippen LogP contribution in [0, 0.1) is 21.0 Å². The van der Waals surface area contributed by atoms with Crippen LogP contribution in [-0.2, 0) is 6.18 Å². The summed E-state index contributed by atoms with van der Waals surface area (Å²) in [6.45, 7) is 3.86. The SMILES string of the molecule is Cc1ccc(C(=O)Nc2cccc(C(F)(F)F)c2)cc1I.Cc1ccc(C(=O)O)cc1I. The molecule has 2 N–H and O–H groups in total. The van der Waals surface area contributed by atoms with Crippen LogP contribution >= 0.6 is 45.2 Å². The van der Waals surface area contributed by atoms with Crippen molar-refractivity contribution < 1.29 is 27.9 Å². The molecule has 0 spiro atoms. The Morgan fingerprint density at radius 2 is 1.38 bits per heavy atom. The molecule has 0 saturated carbocycles. The van der Waals surface area contributed by atoms with Crippen molar-refractivity contribution in [3.05, 3.63) is 95.6 Å². The van der Waals surface area contributed by atoms with Crippen molar-refractivity contribution in [1.82, 2.24) is 0 Å². The number of hydrogen-bond donors (Lipinski definition) is 2. The molecule has 3 rings (SSSR count). The zero-order chi connectivity index (χ0) is 24.1. The molecule has 168 valence electrons. The van der Waals surface area contributed by atoms with Crippen LogP contribution < -0.4 is 5.32 Å². The predicted molar refractivity (Wildman–Crippen MR) is 134 cm³/mol. The van der Waals surface area contributed by atoms with Crippen LogP contribution in [0.5, 0.6) is 0 Å². The first-order valence-corrected chi connectivity index (χ1v) is 11.3. The molecule has 0 fully saturated rings. The van der Waals surface area contributed by atoms with Gasteiger partial charge in [-0.1, -0.05) is 18.2 Å². The third-order valence-corrected chi connectivity index (χ3v) is 6.62. The Hall–Kier alpha value is -2.15. The van der Waals surface area contributed by atoms with Gasteiger partial charge in [0.05, 0.1) is 11.1 Å². The van der Waals surface area contributed by atoms with E-state index in [1.165, 1.54) is 12.1 Å². The van der Waals surface area contributed by atoms with E-state index in [2.05, 4.69) is 50.5 Å². The average molecular weight is 667 g/mol. The Bertz CT molecular complexity index is 1150. The highest BCUT2D eigenvalue weighted by Gasteiger charge is 2.30. The Morgan fingerprint density at radius 3 is 1.88 bits per heavy atom. The van der Waals surface area contributed by atoms with Gasteiger partial charge in [0.25, 0.3) is 5.91 Å². The third kappa shape index (κ3) is 7.47. The summed E-state index contributed by atoms with van der Waals surface area (Å²) >= 11 is 4.22. The van der Waals surface area contributed by atoms with Gasteiger partial charge in [-0.3, -0.25) is 4.79 Å². The van der Waals surface area contributed by atoms with E-state index in [0.29, 0.717) is 11.1 Å². The molecule has 9 heteroatoms. The summed E-state index contributed by atoms with van der Waals surface area (Å²) in [5, 5.41) is 11.1. The molecule has 1 amide bonds. The monoisotopic (exact) mass is 667 g/mol. The van der Waals surface area contributed by atoms with Crippen LogP contribution in [0.15, 0.2) is 60.7 Å². The third-order valence-electron chi connectivity index (χ3n) is 4.30. The molecule has 0 unspecified atom stereocenters. The minimum absolute atomic E-state index is 0.116. The molecule has 0 heterocycles. The average Bonchev–Trinajstić information content (AvgIpc) is 2.72. The van der Waals surface area contributed by atoms with E-state index >= 15 is 0 Å². The number of aryl methyl sites for hydroxylation is 2. The maximum absolute atomic E-state index is 12.6. The molecular formula is C23H18F3I2NO3. The summed E-state index contributed by atoms with van der Waals surface area (Å²) in [7, 11) is 0. The van der Waals surface area contributed by atoms with Crippen LogP contribution in [0.3, 0.4) is 0 Å². The highest BCUT2D eigenvalue weighted by atomic mass is 127. The second kappa shape index (κ2) is 11.1. The fraction of sp³-hybridized carbons (Fsp3) is 0.130. The first-order valence-electron chi connectivity index (χ1n) is 9.12. The maximum Gasteiger partial charge on any atom is 0.416 e. The Morgan fingerprint density at radius 1 is 0.844 bits per heavy atom. The number of benzene rings is 3. The van der Waals surface area contributed by atoms with Crippen LogP contribution in [0.4, 0.5) is 18.9 Å². The molecular weight excluding hydrogens is 649 g/mol. The van der Waals surface area contributed by atoms with Crippen LogP contribution in [0.25, 0.3) is 0 Å². The van der Waals surface area contributed by atoms with Crippen molar-refractivity contribution in [1.29, 1.82) is 0 Å². The highest BCUT2D eigenvalue weighted by Crippen LogP contribution is 2.30. The summed E-state index contributed by atoms with van der Waals surface area (Å²) in [5.41, 5.74) is 2.22. The fourth-order valence-electron chi connectivity index (χ4n) is 2.44. The van der Waals surface area contributed by atoms with Crippen LogP contribution in [0.2, 0.25) is 0 Å². The topological polar surface area (TPSA) is 66.4 Å². The van der Waals surface area contributed by atoms with Gasteiger partial charge in [-0.2, -0.15) is 13.2 Å². The number of carboxylic acid groups (broad SMARTS) is 1. The largest absolute Gasteiger partial charge is 0.478 e. The van der Waals surface area contributed by atoms with E-state index in [0.717, 1.165) is 30.4 Å². The standard InChI is InChI=1S/C15H11F3INO.C8H7IO2/c1-9-5-6-10(7-13(9)19)14(21)20-12-4-2-3-11(8-12)15(16,17)18;1-5-2-3-6(8(10)11)4-7(5)9/h2-8H,1H3,(H,20,21);2-4H,1H3,(H,10,11). The molecule has 0 aromatic heterocycles. The van der Waals surface area contributed by atoms with Crippen molar-refractivity contribution in [3.8, 4) is 0 Å². The second-order valence-corrected chi connectivity index (χ2v) is 9.09. The van der Waals surface area contributed by atoms with Crippen molar-refractivity contribution in [2.45, 2.75) is 20.0 Å². The molecule has 4 nitrogen and oxygen atoms in total. The lowest BCUT2D eigenvalue weighted by atomic mass is 10.1. The molecule has 0 aliphatic heterocycles. The number of nitrogens with one attached hydrogen (secondary N) is 1. The number of alkyl halides is 3. The summed E-state index contributed by atoms with van der Waals surface area (Å²) < 4.78 is 39.7. The molecule has 0 aliphatic carbocycles. The van der Waals surface area contributed by atoms with Crippen LogP contribution in [-0.4, -0.2) is 17.0 Å². The van der Waals surface area contributed by atoms with Gasteiger partial charge in [-0.05, 0) is 113 Å². The van der Waals surface area contributed by atoms with Gasteiger partial charge >= 0.3 is 12.1 Å². The van der Waals surface area contributed by atoms with E-state index in [4.69, 9.17) is 5.11 Å². The maximum atomic E-state index is 12.6. The number of amides is 1. The summed E-state index contributed by atoms with van der Waals surface area (Å²) in [4.78, 5) is 22.5. The zero-order valence-electron chi connectivity index (χ0n) is 16.9. The first-order chi connectivity index (χ1) is 14.9. The number of hydrogen-bond acceptors (Lipinski definition) is 2. The summed E-state index contributed by atoms with van der Waals surface area (Å²) in [6, 6.07) is 14.8. The van der Waals surface area contributed by atoms with Gasteiger partial charge in [-0.15, -0.1) is 0 Å². The van der Waals surface area contributed by atoms with Crippen molar-refractivity contribution >= 4 is 62.7 Å². The normalized spacial score (nSPS) is 10.7. The molecule has 3 aromatic rings. The molecule has 0 bridgehead atoms. The van der Waals surface area contributed by atoms with Gasteiger partial charge in [0.1, 0.15) is 0 Å².